The highest BCUT2D eigenvalue weighted by Gasteiger charge is 2.24. The Kier molecular flexibility index (Phi) is 3.97. The Morgan fingerprint density at radius 1 is 1.19 bits per heavy atom. The van der Waals surface area contributed by atoms with Gasteiger partial charge < -0.3 is 10.4 Å². The standard InChI is InChI=1S/C14H21NO/c1-11(12-7-3-2-4-8-12)15-13-9-5-6-10-14(13)16/h2-4,7-8,11,13-16H,5-6,9-10H2,1H3/t11-,13-,14-/m1/s1. The van der Waals surface area contributed by atoms with Crippen LogP contribution in [0.2, 0.25) is 0 Å². The van der Waals surface area contributed by atoms with Gasteiger partial charge in [-0.05, 0) is 25.3 Å². The highest BCUT2D eigenvalue weighted by atomic mass is 16.3. The smallest absolute Gasteiger partial charge is 0.0693 e. The van der Waals surface area contributed by atoms with Crippen molar-refractivity contribution >= 4 is 0 Å². The molecule has 0 spiro atoms. The highest BCUT2D eigenvalue weighted by molar-refractivity contribution is 5.18. The second kappa shape index (κ2) is 5.46. The molecule has 2 rings (SSSR count). The summed E-state index contributed by atoms with van der Waals surface area (Å²) in [5.41, 5.74) is 1.29. The molecule has 1 fully saturated rings. The van der Waals surface area contributed by atoms with E-state index >= 15 is 0 Å². The van der Waals surface area contributed by atoms with E-state index in [-0.39, 0.29) is 12.1 Å². The normalized spacial score (nSPS) is 27.6. The second-order valence-corrected chi connectivity index (χ2v) is 4.76. The van der Waals surface area contributed by atoms with Crippen LogP contribution in [-0.2, 0) is 0 Å². The fourth-order valence-electron chi connectivity index (χ4n) is 2.46. The van der Waals surface area contributed by atoms with E-state index in [2.05, 4.69) is 36.5 Å². The molecule has 0 unspecified atom stereocenters. The van der Waals surface area contributed by atoms with Crippen molar-refractivity contribution in [2.45, 2.75) is 50.8 Å². The van der Waals surface area contributed by atoms with Crippen LogP contribution in [0.5, 0.6) is 0 Å². The molecule has 0 radical (unpaired) electrons. The summed E-state index contributed by atoms with van der Waals surface area (Å²) in [4.78, 5) is 0. The summed E-state index contributed by atoms with van der Waals surface area (Å²) >= 11 is 0. The minimum atomic E-state index is -0.167. The molecule has 2 nitrogen and oxygen atoms in total. The van der Waals surface area contributed by atoms with Crippen LogP contribution < -0.4 is 5.32 Å². The molecule has 16 heavy (non-hydrogen) atoms. The Labute approximate surface area is 97.7 Å². The van der Waals surface area contributed by atoms with Crippen molar-refractivity contribution in [1.29, 1.82) is 0 Å². The van der Waals surface area contributed by atoms with E-state index < -0.39 is 0 Å². The molecule has 88 valence electrons. The minimum Gasteiger partial charge on any atom is -0.392 e. The van der Waals surface area contributed by atoms with Gasteiger partial charge in [0.15, 0.2) is 0 Å². The summed E-state index contributed by atoms with van der Waals surface area (Å²) in [6, 6.07) is 11.0. The van der Waals surface area contributed by atoms with Crippen LogP contribution in [0.15, 0.2) is 30.3 Å². The molecule has 1 aliphatic rings. The van der Waals surface area contributed by atoms with E-state index in [1.807, 2.05) is 6.07 Å². The molecule has 0 amide bonds. The maximum atomic E-state index is 9.90. The number of aliphatic hydroxyl groups excluding tert-OH is 1. The molecule has 1 aliphatic carbocycles. The monoisotopic (exact) mass is 219 g/mol. The summed E-state index contributed by atoms with van der Waals surface area (Å²) in [5.74, 6) is 0. The quantitative estimate of drug-likeness (QED) is 0.819. The van der Waals surface area contributed by atoms with E-state index in [1.54, 1.807) is 0 Å². The van der Waals surface area contributed by atoms with Gasteiger partial charge in [0.05, 0.1) is 6.10 Å². The molecule has 0 saturated heterocycles. The number of benzene rings is 1. The SMILES string of the molecule is C[C@@H](N[C@@H]1CCCC[C@H]1O)c1ccccc1. The first-order valence-electron chi connectivity index (χ1n) is 6.26. The van der Waals surface area contributed by atoms with Gasteiger partial charge in [-0.3, -0.25) is 0 Å². The van der Waals surface area contributed by atoms with E-state index in [9.17, 15) is 5.11 Å². The van der Waals surface area contributed by atoms with Crippen LogP contribution in [0.4, 0.5) is 0 Å². The van der Waals surface area contributed by atoms with Crippen molar-refractivity contribution in [3.05, 3.63) is 35.9 Å². The third-order valence-corrected chi connectivity index (χ3v) is 3.49. The first-order valence-corrected chi connectivity index (χ1v) is 6.26. The molecule has 2 heteroatoms. The fourth-order valence-corrected chi connectivity index (χ4v) is 2.46. The molecular formula is C14H21NO. The summed E-state index contributed by atoms with van der Waals surface area (Å²) in [6.07, 6.45) is 4.27. The molecule has 0 bridgehead atoms. The average Bonchev–Trinajstić information content (AvgIpc) is 2.33. The maximum Gasteiger partial charge on any atom is 0.0693 e. The lowest BCUT2D eigenvalue weighted by molar-refractivity contribution is 0.0860. The summed E-state index contributed by atoms with van der Waals surface area (Å²) in [6.45, 7) is 2.16. The van der Waals surface area contributed by atoms with Gasteiger partial charge in [-0.1, -0.05) is 43.2 Å². The van der Waals surface area contributed by atoms with Crippen LogP contribution in [-0.4, -0.2) is 17.3 Å². The van der Waals surface area contributed by atoms with Crippen LogP contribution in [0.25, 0.3) is 0 Å². The van der Waals surface area contributed by atoms with E-state index in [0.29, 0.717) is 6.04 Å². The van der Waals surface area contributed by atoms with Gasteiger partial charge in [0.2, 0.25) is 0 Å². The van der Waals surface area contributed by atoms with Crippen LogP contribution in [0.1, 0.15) is 44.2 Å². The number of rotatable bonds is 3. The van der Waals surface area contributed by atoms with Crippen LogP contribution in [0, 0.1) is 0 Å². The number of aliphatic hydroxyl groups is 1. The van der Waals surface area contributed by atoms with Crippen LogP contribution in [0.3, 0.4) is 0 Å². The Bertz CT molecular complexity index is 312. The first kappa shape index (κ1) is 11.6. The summed E-state index contributed by atoms with van der Waals surface area (Å²) in [5, 5.41) is 13.4. The number of hydrogen-bond donors (Lipinski definition) is 2. The molecular weight excluding hydrogens is 198 g/mol. The van der Waals surface area contributed by atoms with Gasteiger partial charge >= 0.3 is 0 Å². The van der Waals surface area contributed by atoms with Crippen molar-refractivity contribution in [1.82, 2.24) is 5.32 Å². The lowest BCUT2D eigenvalue weighted by Gasteiger charge is -2.31. The van der Waals surface area contributed by atoms with E-state index in [4.69, 9.17) is 0 Å². The molecule has 0 aliphatic heterocycles. The van der Waals surface area contributed by atoms with Crippen molar-refractivity contribution in [3.8, 4) is 0 Å². The zero-order chi connectivity index (χ0) is 11.4. The van der Waals surface area contributed by atoms with Gasteiger partial charge in [0.25, 0.3) is 0 Å². The predicted octanol–water partition coefficient (Wildman–Crippen LogP) is 2.64. The van der Waals surface area contributed by atoms with Gasteiger partial charge in [0, 0.05) is 12.1 Å². The maximum absolute atomic E-state index is 9.90. The molecule has 0 heterocycles. The molecule has 1 saturated carbocycles. The largest absolute Gasteiger partial charge is 0.392 e. The predicted molar refractivity (Wildman–Crippen MR) is 66.3 cm³/mol. The van der Waals surface area contributed by atoms with Crippen molar-refractivity contribution in [2.24, 2.45) is 0 Å². The molecule has 2 N–H and O–H groups in total. The lowest BCUT2D eigenvalue weighted by atomic mass is 9.91. The van der Waals surface area contributed by atoms with Crippen molar-refractivity contribution in [3.63, 3.8) is 0 Å². The van der Waals surface area contributed by atoms with Gasteiger partial charge in [-0.15, -0.1) is 0 Å². The zero-order valence-corrected chi connectivity index (χ0v) is 9.89. The third kappa shape index (κ3) is 2.83. The minimum absolute atomic E-state index is 0.167. The Hall–Kier alpha value is -0.860. The van der Waals surface area contributed by atoms with Crippen molar-refractivity contribution in [2.75, 3.05) is 0 Å². The van der Waals surface area contributed by atoms with Crippen LogP contribution >= 0.6 is 0 Å². The Balaban J connectivity index is 1.94. The van der Waals surface area contributed by atoms with E-state index in [0.717, 1.165) is 12.8 Å². The molecule has 1 aromatic rings. The van der Waals surface area contributed by atoms with Gasteiger partial charge in [-0.2, -0.15) is 0 Å². The Morgan fingerprint density at radius 3 is 2.56 bits per heavy atom. The van der Waals surface area contributed by atoms with Crippen molar-refractivity contribution < 1.29 is 5.11 Å². The summed E-state index contributed by atoms with van der Waals surface area (Å²) in [7, 11) is 0. The molecule has 3 atom stereocenters. The summed E-state index contributed by atoms with van der Waals surface area (Å²) < 4.78 is 0. The van der Waals surface area contributed by atoms with E-state index in [1.165, 1.54) is 18.4 Å². The lowest BCUT2D eigenvalue weighted by Crippen LogP contribution is -2.43. The number of hydrogen-bond acceptors (Lipinski definition) is 2. The van der Waals surface area contributed by atoms with Gasteiger partial charge in [-0.25, -0.2) is 0 Å². The average molecular weight is 219 g/mol. The third-order valence-electron chi connectivity index (χ3n) is 3.49. The topological polar surface area (TPSA) is 32.3 Å². The second-order valence-electron chi connectivity index (χ2n) is 4.76. The molecule has 0 aromatic heterocycles. The number of nitrogens with one attached hydrogen (secondary N) is 1. The fraction of sp³-hybridized carbons (Fsp3) is 0.571. The zero-order valence-electron chi connectivity index (χ0n) is 9.89. The Morgan fingerprint density at radius 2 is 1.88 bits per heavy atom. The first-order chi connectivity index (χ1) is 7.77. The van der Waals surface area contributed by atoms with Gasteiger partial charge in [0.1, 0.15) is 0 Å². The molecule has 1 aromatic carbocycles. The highest BCUT2D eigenvalue weighted by Crippen LogP contribution is 2.21.